The minimum absolute atomic E-state index is 0.0127. The summed E-state index contributed by atoms with van der Waals surface area (Å²) in [5, 5.41) is 0. The smallest absolute Gasteiger partial charge is 0.251 e. The molecule has 0 bridgehead atoms. The van der Waals surface area contributed by atoms with Crippen molar-refractivity contribution in [2.75, 3.05) is 0 Å². The van der Waals surface area contributed by atoms with Crippen LogP contribution in [0.1, 0.15) is 17.7 Å². The van der Waals surface area contributed by atoms with Crippen LogP contribution in [-0.4, -0.2) is 9.97 Å². The van der Waals surface area contributed by atoms with Gasteiger partial charge in [-0.1, -0.05) is 12.1 Å². The van der Waals surface area contributed by atoms with Gasteiger partial charge in [0.2, 0.25) is 0 Å². The third-order valence-corrected chi connectivity index (χ3v) is 2.60. The Labute approximate surface area is 101 Å². The fourth-order valence-corrected chi connectivity index (χ4v) is 1.68. The Hall–Kier alpha value is -1.90. The standard InChI is InChI=1S/C14H15N2O/c17-14-12(7-5-11-16-14)6-1-2-8-13-9-3-4-10-15-13/h2-5,7,9-11H,1,6,8H2,(H,16,17). The van der Waals surface area contributed by atoms with Gasteiger partial charge in [-0.15, -0.1) is 0 Å². The number of H-pyrrole nitrogens is 1. The number of aromatic amines is 1. The highest BCUT2D eigenvalue weighted by molar-refractivity contribution is 5.10. The molecule has 2 aromatic rings. The second-order valence-electron chi connectivity index (χ2n) is 3.88. The van der Waals surface area contributed by atoms with Crippen LogP contribution in [0.2, 0.25) is 0 Å². The summed E-state index contributed by atoms with van der Waals surface area (Å²) in [6.07, 6.45) is 8.14. The molecule has 2 aromatic heterocycles. The second-order valence-corrected chi connectivity index (χ2v) is 3.88. The fourth-order valence-electron chi connectivity index (χ4n) is 1.68. The summed E-state index contributed by atoms with van der Waals surface area (Å²) >= 11 is 0. The van der Waals surface area contributed by atoms with E-state index in [0.29, 0.717) is 0 Å². The molecule has 0 saturated heterocycles. The first-order valence-corrected chi connectivity index (χ1v) is 5.74. The van der Waals surface area contributed by atoms with Crippen molar-refractivity contribution in [1.82, 2.24) is 9.97 Å². The minimum atomic E-state index is 0.0127. The predicted molar refractivity (Wildman–Crippen MR) is 67.6 cm³/mol. The molecule has 0 saturated carbocycles. The lowest BCUT2D eigenvalue weighted by Gasteiger charge is -2.00. The van der Waals surface area contributed by atoms with Gasteiger partial charge in [-0.3, -0.25) is 9.78 Å². The number of hydrogen-bond donors (Lipinski definition) is 1. The van der Waals surface area contributed by atoms with Crippen LogP contribution in [0.5, 0.6) is 0 Å². The molecule has 0 amide bonds. The molecule has 1 N–H and O–H groups in total. The topological polar surface area (TPSA) is 45.8 Å². The van der Waals surface area contributed by atoms with Crippen molar-refractivity contribution in [1.29, 1.82) is 0 Å². The summed E-state index contributed by atoms with van der Waals surface area (Å²) in [6.45, 7) is 0. The number of nitrogens with one attached hydrogen (secondary N) is 1. The molecule has 0 aromatic carbocycles. The molecule has 2 rings (SSSR count). The van der Waals surface area contributed by atoms with Crippen molar-refractivity contribution >= 4 is 0 Å². The Balaban J connectivity index is 1.78. The molecule has 0 aliphatic heterocycles. The van der Waals surface area contributed by atoms with E-state index < -0.39 is 0 Å². The Morgan fingerprint density at radius 2 is 2.18 bits per heavy atom. The maximum atomic E-state index is 11.4. The number of pyridine rings is 2. The van der Waals surface area contributed by atoms with Gasteiger partial charge in [0.05, 0.1) is 0 Å². The molecule has 3 nitrogen and oxygen atoms in total. The molecule has 0 unspecified atom stereocenters. The van der Waals surface area contributed by atoms with Crippen molar-refractivity contribution < 1.29 is 0 Å². The highest BCUT2D eigenvalue weighted by Crippen LogP contribution is 2.03. The van der Waals surface area contributed by atoms with Crippen molar-refractivity contribution in [3.05, 3.63) is 70.8 Å². The van der Waals surface area contributed by atoms with Crippen molar-refractivity contribution in [3.8, 4) is 0 Å². The van der Waals surface area contributed by atoms with E-state index in [1.807, 2.05) is 30.3 Å². The number of unbranched alkanes of at least 4 members (excludes halogenated alkanes) is 1. The van der Waals surface area contributed by atoms with E-state index in [1.54, 1.807) is 12.4 Å². The van der Waals surface area contributed by atoms with Crippen LogP contribution in [0.25, 0.3) is 0 Å². The molecule has 0 fully saturated rings. The minimum Gasteiger partial charge on any atom is -0.329 e. The normalized spacial score (nSPS) is 10.4. The molecule has 3 heteroatoms. The average Bonchev–Trinajstić information content (AvgIpc) is 2.38. The van der Waals surface area contributed by atoms with E-state index in [0.717, 1.165) is 30.5 Å². The van der Waals surface area contributed by atoms with Gasteiger partial charge in [-0.25, -0.2) is 0 Å². The van der Waals surface area contributed by atoms with Crippen LogP contribution in [-0.2, 0) is 12.8 Å². The van der Waals surface area contributed by atoms with Crippen LogP contribution in [0, 0.1) is 6.42 Å². The summed E-state index contributed by atoms with van der Waals surface area (Å²) in [5.74, 6) is 0. The van der Waals surface area contributed by atoms with Gasteiger partial charge >= 0.3 is 0 Å². The Morgan fingerprint density at radius 3 is 2.94 bits per heavy atom. The van der Waals surface area contributed by atoms with Crippen LogP contribution < -0.4 is 5.56 Å². The molecular weight excluding hydrogens is 212 g/mol. The summed E-state index contributed by atoms with van der Waals surface area (Å²) in [4.78, 5) is 18.3. The first-order valence-electron chi connectivity index (χ1n) is 5.74. The highest BCUT2D eigenvalue weighted by Gasteiger charge is 1.99. The maximum absolute atomic E-state index is 11.4. The Morgan fingerprint density at radius 1 is 1.24 bits per heavy atom. The van der Waals surface area contributed by atoms with Crippen LogP contribution in [0.4, 0.5) is 0 Å². The monoisotopic (exact) mass is 227 g/mol. The molecule has 17 heavy (non-hydrogen) atoms. The zero-order chi connectivity index (χ0) is 11.9. The predicted octanol–water partition coefficient (Wildman–Crippen LogP) is 2.15. The molecule has 1 radical (unpaired) electrons. The molecule has 0 aliphatic rings. The lowest BCUT2D eigenvalue weighted by Crippen LogP contribution is -2.10. The van der Waals surface area contributed by atoms with Gasteiger partial charge in [0.25, 0.3) is 5.56 Å². The Bertz CT molecular complexity index is 505. The molecule has 2 heterocycles. The zero-order valence-corrected chi connectivity index (χ0v) is 9.60. The SMILES string of the molecule is O=c1[nH]cccc1CC[CH]Cc1ccccn1. The summed E-state index contributed by atoms with van der Waals surface area (Å²) < 4.78 is 0. The average molecular weight is 227 g/mol. The van der Waals surface area contributed by atoms with Crippen molar-refractivity contribution in [2.24, 2.45) is 0 Å². The number of hydrogen-bond acceptors (Lipinski definition) is 2. The molecule has 0 atom stereocenters. The van der Waals surface area contributed by atoms with Crippen LogP contribution in [0.3, 0.4) is 0 Å². The lowest BCUT2D eigenvalue weighted by molar-refractivity contribution is 0.865. The molecule has 0 spiro atoms. The van der Waals surface area contributed by atoms with Gasteiger partial charge in [0, 0.05) is 23.7 Å². The van der Waals surface area contributed by atoms with Gasteiger partial charge in [-0.2, -0.15) is 0 Å². The van der Waals surface area contributed by atoms with Crippen LogP contribution >= 0.6 is 0 Å². The third kappa shape index (κ3) is 3.55. The van der Waals surface area contributed by atoms with E-state index in [1.165, 1.54) is 0 Å². The molecule has 87 valence electrons. The van der Waals surface area contributed by atoms with Crippen molar-refractivity contribution in [3.63, 3.8) is 0 Å². The summed E-state index contributed by atoms with van der Waals surface area (Å²) in [6, 6.07) is 9.62. The molecular formula is C14H15N2O. The van der Waals surface area contributed by atoms with E-state index in [4.69, 9.17) is 0 Å². The van der Waals surface area contributed by atoms with E-state index in [9.17, 15) is 4.79 Å². The number of rotatable bonds is 5. The maximum Gasteiger partial charge on any atom is 0.251 e. The quantitative estimate of drug-likeness (QED) is 0.795. The Kier molecular flexibility index (Phi) is 4.08. The van der Waals surface area contributed by atoms with Crippen LogP contribution in [0.15, 0.2) is 47.5 Å². The van der Waals surface area contributed by atoms with E-state index >= 15 is 0 Å². The number of aromatic nitrogens is 2. The van der Waals surface area contributed by atoms with Crippen molar-refractivity contribution in [2.45, 2.75) is 19.3 Å². The molecule has 0 aliphatic carbocycles. The lowest BCUT2D eigenvalue weighted by atomic mass is 10.1. The first kappa shape index (κ1) is 11.6. The summed E-state index contributed by atoms with van der Waals surface area (Å²) in [7, 11) is 0. The number of aryl methyl sites for hydroxylation is 1. The van der Waals surface area contributed by atoms with E-state index in [2.05, 4.69) is 16.4 Å². The highest BCUT2D eigenvalue weighted by atomic mass is 16.1. The fraction of sp³-hybridized carbons (Fsp3) is 0.214. The van der Waals surface area contributed by atoms with Gasteiger partial charge in [0.15, 0.2) is 0 Å². The second kappa shape index (κ2) is 5.99. The summed E-state index contributed by atoms with van der Waals surface area (Å²) in [5.41, 5.74) is 1.91. The largest absolute Gasteiger partial charge is 0.329 e. The van der Waals surface area contributed by atoms with Gasteiger partial charge < -0.3 is 4.98 Å². The van der Waals surface area contributed by atoms with Gasteiger partial charge in [-0.05, 0) is 43.9 Å². The third-order valence-electron chi connectivity index (χ3n) is 2.60. The van der Waals surface area contributed by atoms with Gasteiger partial charge in [0.1, 0.15) is 0 Å². The van der Waals surface area contributed by atoms with E-state index in [-0.39, 0.29) is 5.56 Å². The number of nitrogens with zero attached hydrogens (tertiary/aromatic N) is 1. The first-order chi connectivity index (χ1) is 8.36. The zero-order valence-electron chi connectivity index (χ0n) is 9.60.